The minimum atomic E-state index is -4.42. The highest BCUT2D eigenvalue weighted by molar-refractivity contribution is 6.33. The summed E-state index contributed by atoms with van der Waals surface area (Å²) in [6.45, 7) is 0.0319. The lowest BCUT2D eigenvalue weighted by atomic mass is 10.1. The molecule has 8 heteroatoms. The van der Waals surface area contributed by atoms with Crippen LogP contribution in [0.3, 0.4) is 0 Å². The molecule has 0 aliphatic rings. The number of hydrogen-bond acceptors (Lipinski definition) is 2. The Morgan fingerprint density at radius 3 is 2.32 bits per heavy atom. The number of nitrogens with one attached hydrogen (secondary N) is 1. The fourth-order valence-corrected chi connectivity index (χ4v) is 2.77. The van der Waals surface area contributed by atoms with Crippen LogP contribution in [-0.2, 0) is 12.7 Å². The fraction of sp³-hybridized carbons (Fsp3) is 0.100. The van der Waals surface area contributed by atoms with E-state index in [0.29, 0.717) is 16.3 Å². The summed E-state index contributed by atoms with van der Waals surface area (Å²) in [7, 11) is 0. The summed E-state index contributed by atoms with van der Waals surface area (Å²) in [6.07, 6.45) is -2.96. The molecule has 0 saturated carbocycles. The SMILES string of the molecule is O=C(Nc1ccccc1Cl)c1cccn(Cc2ccc(C(F)(F)F)cc2)c1=O. The number of carbonyl (C=O) groups excluding carboxylic acids is 1. The number of nitrogens with zero attached hydrogens (tertiary/aromatic N) is 1. The number of alkyl halides is 3. The van der Waals surface area contributed by atoms with Gasteiger partial charge in [0.1, 0.15) is 5.56 Å². The van der Waals surface area contributed by atoms with Crippen molar-refractivity contribution in [3.63, 3.8) is 0 Å². The molecule has 1 aromatic heterocycles. The fourth-order valence-electron chi connectivity index (χ4n) is 2.58. The third-order valence-electron chi connectivity index (χ3n) is 4.02. The molecule has 3 rings (SSSR count). The van der Waals surface area contributed by atoms with Gasteiger partial charge in [0.25, 0.3) is 11.5 Å². The average molecular weight is 407 g/mol. The van der Waals surface area contributed by atoms with E-state index < -0.39 is 23.2 Å². The first-order chi connectivity index (χ1) is 13.3. The van der Waals surface area contributed by atoms with Crippen LogP contribution >= 0.6 is 11.6 Å². The first-order valence-electron chi connectivity index (χ1n) is 8.17. The van der Waals surface area contributed by atoms with Gasteiger partial charge in [-0.1, -0.05) is 35.9 Å². The van der Waals surface area contributed by atoms with Crippen molar-refractivity contribution in [1.82, 2.24) is 4.57 Å². The maximum atomic E-state index is 12.7. The topological polar surface area (TPSA) is 51.1 Å². The summed E-state index contributed by atoms with van der Waals surface area (Å²) >= 11 is 6.00. The number of aromatic nitrogens is 1. The number of amides is 1. The van der Waals surface area contributed by atoms with Crippen LogP contribution in [0, 0.1) is 0 Å². The molecule has 0 spiro atoms. The Morgan fingerprint density at radius 1 is 1.00 bits per heavy atom. The third kappa shape index (κ3) is 4.43. The Hall–Kier alpha value is -3.06. The largest absolute Gasteiger partial charge is 0.416 e. The Balaban J connectivity index is 1.82. The predicted molar refractivity (Wildman–Crippen MR) is 101 cm³/mol. The van der Waals surface area contributed by atoms with Crippen molar-refractivity contribution in [3.05, 3.63) is 98.9 Å². The number of para-hydroxylation sites is 1. The summed E-state index contributed by atoms with van der Waals surface area (Å²) in [5.41, 5.74) is -0.566. The molecule has 0 atom stereocenters. The molecule has 0 bridgehead atoms. The molecule has 0 aliphatic carbocycles. The molecule has 28 heavy (non-hydrogen) atoms. The standard InChI is InChI=1S/C20H14ClF3N2O2/c21-16-5-1-2-6-17(16)25-18(27)15-4-3-11-26(19(15)28)12-13-7-9-14(10-8-13)20(22,23)24/h1-11H,12H2,(H,25,27). The number of carbonyl (C=O) groups is 1. The summed E-state index contributed by atoms with van der Waals surface area (Å²) in [5, 5.41) is 2.90. The van der Waals surface area contributed by atoms with Gasteiger partial charge in [-0.3, -0.25) is 9.59 Å². The molecule has 0 radical (unpaired) electrons. The van der Waals surface area contributed by atoms with Crippen LogP contribution in [0.1, 0.15) is 21.5 Å². The lowest BCUT2D eigenvalue weighted by molar-refractivity contribution is -0.137. The van der Waals surface area contributed by atoms with Crippen molar-refractivity contribution < 1.29 is 18.0 Å². The zero-order valence-electron chi connectivity index (χ0n) is 14.3. The highest BCUT2D eigenvalue weighted by Gasteiger charge is 2.29. The molecule has 3 aromatic rings. The van der Waals surface area contributed by atoms with Crippen molar-refractivity contribution in [2.45, 2.75) is 12.7 Å². The number of pyridine rings is 1. The Kier molecular flexibility index (Phi) is 5.56. The minimum Gasteiger partial charge on any atom is -0.320 e. The minimum absolute atomic E-state index is 0.0319. The molecule has 0 saturated heterocycles. The average Bonchev–Trinajstić information content (AvgIpc) is 2.65. The highest BCUT2D eigenvalue weighted by atomic mass is 35.5. The van der Waals surface area contributed by atoms with E-state index in [-0.39, 0.29) is 12.1 Å². The van der Waals surface area contributed by atoms with Gasteiger partial charge in [0.05, 0.1) is 22.8 Å². The predicted octanol–water partition coefficient (Wildman–Crippen LogP) is 4.82. The molecule has 1 amide bonds. The van der Waals surface area contributed by atoms with E-state index in [1.807, 2.05) is 0 Å². The lowest BCUT2D eigenvalue weighted by Crippen LogP contribution is -2.29. The zero-order chi connectivity index (χ0) is 20.3. The van der Waals surface area contributed by atoms with Gasteiger partial charge < -0.3 is 9.88 Å². The zero-order valence-corrected chi connectivity index (χ0v) is 15.1. The van der Waals surface area contributed by atoms with Crippen molar-refractivity contribution in [2.75, 3.05) is 5.32 Å². The van der Waals surface area contributed by atoms with Gasteiger partial charge in [0.2, 0.25) is 0 Å². The van der Waals surface area contributed by atoms with Crippen LogP contribution in [0.5, 0.6) is 0 Å². The van der Waals surface area contributed by atoms with E-state index in [0.717, 1.165) is 12.1 Å². The Morgan fingerprint density at radius 2 is 1.68 bits per heavy atom. The summed E-state index contributed by atoms with van der Waals surface area (Å²) < 4.78 is 39.2. The Labute approximate surface area is 163 Å². The van der Waals surface area contributed by atoms with Gasteiger partial charge in [-0.05, 0) is 42.0 Å². The normalized spacial score (nSPS) is 11.3. The first kappa shape index (κ1) is 19.7. The highest BCUT2D eigenvalue weighted by Crippen LogP contribution is 2.29. The van der Waals surface area contributed by atoms with Gasteiger partial charge in [-0.25, -0.2) is 0 Å². The molecular formula is C20H14ClF3N2O2. The summed E-state index contributed by atoms with van der Waals surface area (Å²) in [4.78, 5) is 25.0. The quantitative estimate of drug-likeness (QED) is 0.675. The van der Waals surface area contributed by atoms with E-state index in [4.69, 9.17) is 11.6 Å². The smallest absolute Gasteiger partial charge is 0.320 e. The van der Waals surface area contributed by atoms with Gasteiger partial charge in [-0.2, -0.15) is 13.2 Å². The van der Waals surface area contributed by atoms with Crippen LogP contribution in [0.2, 0.25) is 5.02 Å². The van der Waals surface area contributed by atoms with Crippen LogP contribution in [0.15, 0.2) is 71.7 Å². The molecule has 144 valence electrons. The second-order valence-corrected chi connectivity index (χ2v) is 6.39. The van der Waals surface area contributed by atoms with E-state index in [1.165, 1.54) is 35.0 Å². The summed E-state index contributed by atoms with van der Waals surface area (Å²) in [5.74, 6) is -0.625. The number of anilines is 1. The van der Waals surface area contributed by atoms with Crippen molar-refractivity contribution in [1.29, 1.82) is 0 Å². The van der Waals surface area contributed by atoms with Crippen molar-refractivity contribution in [2.24, 2.45) is 0 Å². The number of benzene rings is 2. The summed E-state index contributed by atoms with van der Waals surface area (Å²) in [6, 6.07) is 14.0. The number of hydrogen-bond donors (Lipinski definition) is 1. The lowest BCUT2D eigenvalue weighted by Gasteiger charge is -2.11. The van der Waals surface area contributed by atoms with Crippen LogP contribution in [0.4, 0.5) is 18.9 Å². The molecule has 0 unspecified atom stereocenters. The van der Waals surface area contributed by atoms with E-state index in [1.54, 1.807) is 24.3 Å². The molecular weight excluding hydrogens is 393 g/mol. The van der Waals surface area contributed by atoms with Crippen LogP contribution in [-0.4, -0.2) is 10.5 Å². The van der Waals surface area contributed by atoms with Gasteiger partial charge >= 0.3 is 6.18 Å². The van der Waals surface area contributed by atoms with E-state index in [2.05, 4.69) is 5.32 Å². The second-order valence-electron chi connectivity index (χ2n) is 5.98. The van der Waals surface area contributed by atoms with Gasteiger partial charge in [-0.15, -0.1) is 0 Å². The maximum Gasteiger partial charge on any atom is 0.416 e. The van der Waals surface area contributed by atoms with Crippen molar-refractivity contribution in [3.8, 4) is 0 Å². The van der Waals surface area contributed by atoms with E-state index >= 15 is 0 Å². The molecule has 2 aromatic carbocycles. The molecule has 1 N–H and O–H groups in total. The van der Waals surface area contributed by atoms with Gasteiger partial charge in [0, 0.05) is 6.20 Å². The monoisotopic (exact) mass is 406 g/mol. The molecule has 4 nitrogen and oxygen atoms in total. The number of rotatable bonds is 4. The molecule has 0 fully saturated rings. The first-order valence-corrected chi connectivity index (χ1v) is 8.55. The second kappa shape index (κ2) is 7.90. The number of halogens is 4. The van der Waals surface area contributed by atoms with E-state index in [9.17, 15) is 22.8 Å². The molecule has 1 heterocycles. The Bertz CT molecular complexity index is 1060. The van der Waals surface area contributed by atoms with Gasteiger partial charge in [0.15, 0.2) is 0 Å². The molecule has 0 aliphatic heterocycles. The van der Waals surface area contributed by atoms with Crippen LogP contribution in [0.25, 0.3) is 0 Å². The third-order valence-corrected chi connectivity index (χ3v) is 4.35. The maximum absolute atomic E-state index is 12.7. The van der Waals surface area contributed by atoms with Crippen molar-refractivity contribution >= 4 is 23.2 Å². The van der Waals surface area contributed by atoms with Crippen LogP contribution < -0.4 is 10.9 Å².